The fraction of sp³-hybridized carbons (Fsp3) is 0.355. The summed E-state index contributed by atoms with van der Waals surface area (Å²) in [5, 5.41) is 14.6. The monoisotopic (exact) mass is 660 g/mol. The van der Waals surface area contributed by atoms with Crippen molar-refractivity contribution in [2.45, 2.75) is 51.1 Å². The van der Waals surface area contributed by atoms with Gasteiger partial charge in [0.1, 0.15) is 24.1 Å². The molecule has 0 heterocycles. The highest BCUT2D eigenvalue weighted by Gasteiger charge is 2.35. The summed E-state index contributed by atoms with van der Waals surface area (Å²) in [6.07, 6.45) is 1.60. The Morgan fingerprint density at radius 2 is 1.80 bits per heavy atom. The first-order valence-corrected chi connectivity index (χ1v) is 16.0. The molecule has 3 aromatic carbocycles. The van der Waals surface area contributed by atoms with E-state index in [1.165, 1.54) is 56.4 Å². The van der Waals surface area contributed by atoms with E-state index in [4.69, 9.17) is 21.1 Å². The maximum atomic E-state index is 14.2. The summed E-state index contributed by atoms with van der Waals surface area (Å²) in [5.41, 5.74) is 0.425. The van der Waals surface area contributed by atoms with Crippen molar-refractivity contribution in [3.05, 3.63) is 86.9 Å². The molecular formula is C31H37ClN4O8S. The van der Waals surface area contributed by atoms with E-state index in [0.29, 0.717) is 17.9 Å². The summed E-state index contributed by atoms with van der Waals surface area (Å²) in [7, 11) is -1.80. The van der Waals surface area contributed by atoms with E-state index < -0.39 is 49.9 Å². The molecule has 14 heteroatoms. The van der Waals surface area contributed by atoms with Crippen LogP contribution in [0.1, 0.15) is 37.8 Å². The topological polar surface area (TPSA) is 148 Å². The molecule has 242 valence electrons. The Kier molecular flexibility index (Phi) is 12.2. The van der Waals surface area contributed by atoms with Crippen LogP contribution < -0.4 is 19.1 Å². The normalized spacial score (nSPS) is 11.8. The third-order valence-electron chi connectivity index (χ3n) is 7.14. The van der Waals surface area contributed by atoms with Crippen LogP contribution in [0.2, 0.25) is 5.02 Å². The van der Waals surface area contributed by atoms with E-state index in [9.17, 15) is 28.1 Å². The highest BCUT2D eigenvalue weighted by Crippen LogP contribution is 2.36. The number of nitro benzene ring substituents is 1. The molecule has 0 aromatic heterocycles. The van der Waals surface area contributed by atoms with Crippen LogP contribution in [0.5, 0.6) is 11.5 Å². The van der Waals surface area contributed by atoms with Crippen LogP contribution in [0.25, 0.3) is 0 Å². The number of carbonyl (C=O) groups is 2. The molecule has 2 amide bonds. The molecule has 0 aliphatic carbocycles. The second-order valence-electron chi connectivity index (χ2n) is 10.2. The smallest absolute Gasteiger partial charge is 0.273 e. The van der Waals surface area contributed by atoms with Gasteiger partial charge < -0.3 is 19.7 Å². The van der Waals surface area contributed by atoms with Gasteiger partial charge in [0.15, 0.2) is 0 Å². The fourth-order valence-electron chi connectivity index (χ4n) is 4.53. The molecule has 0 bridgehead atoms. The van der Waals surface area contributed by atoms with E-state index in [0.717, 1.165) is 23.2 Å². The average molecular weight is 661 g/mol. The minimum absolute atomic E-state index is 0.0467. The van der Waals surface area contributed by atoms with Crippen molar-refractivity contribution in [1.82, 2.24) is 10.2 Å². The predicted octanol–water partition coefficient (Wildman–Crippen LogP) is 5.10. The molecule has 0 aliphatic heterocycles. The van der Waals surface area contributed by atoms with Gasteiger partial charge in [0.25, 0.3) is 15.7 Å². The molecule has 0 saturated heterocycles. The number of hydrogen-bond acceptors (Lipinski definition) is 8. The van der Waals surface area contributed by atoms with E-state index in [-0.39, 0.29) is 28.6 Å². The summed E-state index contributed by atoms with van der Waals surface area (Å²) in [4.78, 5) is 39.2. The van der Waals surface area contributed by atoms with Gasteiger partial charge in [-0.1, -0.05) is 43.1 Å². The zero-order chi connectivity index (χ0) is 33.3. The average Bonchev–Trinajstić information content (AvgIpc) is 3.02. The van der Waals surface area contributed by atoms with E-state index >= 15 is 0 Å². The van der Waals surface area contributed by atoms with E-state index in [1.54, 1.807) is 31.2 Å². The molecule has 0 spiro atoms. The maximum Gasteiger partial charge on any atom is 0.273 e. The number of nitro groups is 1. The summed E-state index contributed by atoms with van der Waals surface area (Å²) >= 11 is 6.26. The number of amides is 2. The molecule has 1 atom stereocenters. The molecule has 3 rings (SSSR count). The van der Waals surface area contributed by atoms with Gasteiger partial charge >= 0.3 is 0 Å². The van der Waals surface area contributed by atoms with Crippen LogP contribution in [0.3, 0.4) is 0 Å². The highest BCUT2D eigenvalue weighted by molar-refractivity contribution is 7.92. The molecule has 0 radical (unpaired) electrons. The number of halogens is 1. The standard InChI is InChI=1S/C31H37ClN4O8S/c1-6-7-15-33-31(38)22(3)34(19-23-9-8-10-25(16-23)43-4)30(37)20-35(28-17-24(32)12-14-29(28)44-5)45(41,42)26-13-11-21(2)27(18-26)36(39)40/h8-14,16-18,22H,6-7,15,19-20H2,1-5H3,(H,33,38). The molecule has 0 aliphatic rings. The van der Waals surface area contributed by atoms with Crippen LogP contribution in [0.15, 0.2) is 65.6 Å². The summed E-state index contributed by atoms with van der Waals surface area (Å²) < 4.78 is 40.0. The van der Waals surface area contributed by atoms with Crippen molar-refractivity contribution in [3.8, 4) is 11.5 Å². The Hall–Kier alpha value is -4.36. The van der Waals surface area contributed by atoms with Crippen LogP contribution >= 0.6 is 11.6 Å². The fourth-order valence-corrected chi connectivity index (χ4v) is 6.13. The van der Waals surface area contributed by atoms with Gasteiger partial charge in [0, 0.05) is 29.7 Å². The molecule has 1 unspecified atom stereocenters. The number of methoxy groups -OCH3 is 2. The summed E-state index contributed by atoms with van der Waals surface area (Å²) in [6, 6.07) is 13.7. The molecule has 1 N–H and O–H groups in total. The molecule has 0 saturated carbocycles. The second kappa shape index (κ2) is 15.6. The van der Waals surface area contributed by atoms with Crippen LogP contribution in [-0.2, 0) is 26.2 Å². The number of rotatable bonds is 15. The van der Waals surface area contributed by atoms with Gasteiger partial charge in [-0.15, -0.1) is 0 Å². The first-order chi connectivity index (χ1) is 21.3. The summed E-state index contributed by atoms with van der Waals surface area (Å²) in [6.45, 7) is 4.61. The van der Waals surface area contributed by atoms with E-state index in [1.807, 2.05) is 6.92 Å². The van der Waals surface area contributed by atoms with Gasteiger partial charge in [0.2, 0.25) is 11.8 Å². The number of nitrogens with one attached hydrogen (secondary N) is 1. The van der Waals surface area contributed by atoms with Crippen molar-refractivity contribution < 1.29 is 32.4 Å². The first-order valence-electron chi connectivity index (χ1n) is 14.1. The van der Waals surface area contributed by atoms with Gasteiger partial charge in [-0.2, -0.15) is 0 Å². The Labute approximate surface area is 268 Å². The number of anilines is 1. The Morgan fingerprint density at radius 1 is 1.07 bits per heavy atom. The van der Waals surface area contributed by atoms with Crippen molar-refractivity contribution in [1.29, 1.82) is 0 Å². The highest BCUT2D eigenvalue weighted by atomic mass is 35.5. The second-order valence-corrected chi connectivity index (χ2v) is 12.5. The number of carbonyl (C=O) groups excluding carboxylic acids is 2. The number of benzene rings is 3. The third-order valence-corrected chi connectivity index (χ3v) is 9.13. The molecule has 3 aromatic rings. The molecule has 12 nitrogen and oxygen atoms in total. The Bertz CT molecular complexity index is 1650. The van der Waals surface area contributed by atoms with Crippen LogP contribution in [-0.4, -0.2) is 63.4 Å². The predicted molar refractivity (Wildman–Crippen MR) is 171 cm³/mol. The molecular weight excluding hydrogens is 624 g/mol. The Balaban J connectivity index is 2.14. The third kappa shape index (κ3) is 8.64. The minimum atomic E-state index is -4.63. The van der Waals surface area contributed by atoms with Gasteiger partial charge in [-0.25, -0.2) is 8.42 Å². The lowest BCUT2D eigenvalue weighted by Crippen LogP contribution is -2.51. The number of hydrogen-bond donors (Lipinski definition) is 1. The van der Waals surface area contributed by atoms with Crippen molar-refractivity contribution >= 4 is 44.8 Å². The first kappa shape index (κ1) is 35.1. The van der Waals surface area contributed by atoms with Crippen molar-refractivity contribution in [2.24, 2.45) is 0 Å². The number of nitrogens with zero attached hydrogens (tertiary/aromatic N) is 3. The van der Waals surface area contributed by atoms with Gasteiger partial charge in [0.05, 0.1) is 29.7 Å². The SMILES string of the molecule is CCCCNC(=O)C(C)N(Cc1cccc(OC)c1)C(=O)CN(c1cc(Cl)ccc1OC)S(=O)(=O)c1ccc(C)c([N+](=O)[O-])c1. The maximum absolute atomic E-state index is 14.2. The van der Waals surface area contributed by atoms with Crippen molar-refractivity contribution in [2.75, 3.05) is 31.6 Å². The van der Waals surface area contributed by atoms with Crippen LogP contribution in [0, 0.1) is 17.0 Å². The van der Waals surface area contributed by atoms with Gasteiger partial charge in [-0.05, 0) is 62.2 Å². The largest absolute Gasteiger partial charge is 0.497 e. The summed E-state index contributed by atoms with van der Waals surface area (Å²) in [5.74, 6) is -0.511. The zero-order valence-electron chi connectivity index (χ0n) is 25.8. The lowest BCUT2D eigenvalue weighted by Gasteiger charge is -2.32. The number of ether oxygens (including phenoxy) is 2. The Morgan fingerprint density at radius 3 is 2.44 bits per heavy atom. The van der Waals surface area contributed by atoms with Crippen molar-refractivity contribution in [3.63, 3.8) is 0 Å². The molecule has 0 fully saturated rings. The molecule has 45 heavy (non-hydrogen) atoms. The number of sulfonamides is 1. The quantitative estimate of drug-likeness (QED) is 0.134. The van der Waals surface area contributed by atoms with E-state index in [2.05, 4.69) is 5.32 Å². The number of aryl methyl sites for hydroxylation is 1. The minimum Gasteiger partial charge on any atom is -0.497 e. The van der Waals surface area contributed by atoms with Gasteiger partial charge in [-0.3, -0.25) is 24.0 Å². The van der Waals surface area contributed by atoms with Crippen LogP contribution in [0.4, 0.5) is 11.4 Å². The zero-order valence-corrected chi connectivity index (χ0v) is 27.4. The number of unbranched alkanes of at least 4 members (excludes halogenated alkanes) is 1. The lowest BCUT2D eigenvalue weighted by molar-refractivity contribution is -0.385. The lowest BCUT2D eigenvalue weighted by atomic mass is 10.1.